The quantitative estimate of drug-likeness (QED) is 0.127. The van der Waals surface area contributed by atoms with E-state index in [-0.39, 0.29) is 37.2 Å². The largest absolute Gasteiger partial charge is 0.469 e. The number of rotatable bonds is 10. The van der Waals surface area contributed by atoms with Crippen molar-refractivity contribution in [3.05, 3.63) is 131 Å². The van der Waals surface area contributed by atoms with Crippen molar-refractivity contribution >= 4 is 41.1 Å². The van der Waals surface area contributed by atoms with Crippen molar-refractivity contribution in [1.82, 2.24) is 4.90 Å². The summed E-state index contributed by atoms with van der Waals surface area (Å²) in [5, 5.41) is 6.05. The molecule has 0 aromatic heterocycles. The summed E-state index contributed by atoms with van der Waals surface area (Å²) in [6, 6.07) is 29.9. The van der Waals surface area contributed by atoms with Crippen LogP contribution in [0, 0.1) is 0 Å². The number of hydrogen-bond acceptors (Lipinski definition) is 7. The number of nitrogens with zero attached hydrogens (tertiary/aromatic N) is 2. The molecule has 0 unspecified atom stereocenters. The highest BCUT2D eigenvalue weighted by Gasteiger charge is 2.31. The zero-order chi connectivity index (χ0) is 33.2. The Kier molecular flexibility index (Phi) is 10.6. The smallest absolute Gasteiger partial charge is 0.435 e. The summed E-state index contributed by atoms with van der Waals surface area (Å²) < 4.78 is 9.98. The number of methoxy groups -OCH3 is 1. The maximum absolute atomic E-state index is 13.5. The van der Waals surface area contributed by atoms with Gasteiger partial charge in [0, 0.05) is 35.6 Å². The molecule has 4 N–H and O–H groups in total. The molecule has 4 aromatic carbocycles. The van der Waals surface area contributed by atoms with Crippen molar-refractivity contribution in [2.45, 2.75) is 32.0 Å². The van der Waals surface area contributed by atoms with E-state index >= 15 is 0 Å². The molecule has 3 amide bonds. The molecule has 4 aromatic rings. The Balaban J connectivity index is 1.25. The van der Waals surface area contributed by atoms with Gasteiger partial charge >= 0.3 is 12.1 Å². The van der Waals surface area contributed by atoms with Gasteiger partial charge in [-0.3, -0.25) is 14.4 Å². The van der Waals surface area contributed by atoms with Gasteiger partial charge in [0.15, 0.2) is 0 Å². The number of amides is 3. The number of nitrogens with one attached hydrogen (secondary N) is 2. The first-order chi connectivity index (χ1) is 22.8. The lowest BCUT2D eigenvalue weighted by atomic mass is 10.1. The SMILES string of the molecule is COC(=O)C[C@H]1Nc2ccc(C(=O)Nc3ccc(/C(N)=N\C(=O)OCc4ccccc4)cc3)cc2CN(CCc2ccccc2)C1=O. The number of amidine groups is 1. The fourth-order valence-corrected chi connectivity index (χ4v) is 5.09. The van der Waals surface area contributed by atoms with Crippen molar-refractivity contribution in [2.75, 3.05) is 24.3 Å². The molecule has 11 heteroatoms. The fraction of sp³-hybridized carbons (Fsp3) is 0.194. The average molecular weight is 634 g/mol. The zero-order valence-corrected chi connectivity index (χ0v) is 25.8. The van der Waals surface area contributed by atoms with Gasteiger partial charge in [0.2, 0.25) is 5.91 Å². The summed E-state index contributed by atoms with van der Waals surface area (Å²) in [5.41, 5.74) is 10.7. The molecule has 240 valence electrons. The van der Waals surface area contributed by atoms with E-state index in [1.807, 2.05) is 60.7 Å². The molecular weight excluding hydrogens is 598 g/mol. The van der Waals surface area contributed by atoms with E-state index in [2.05, 4.69) is 15.6 Å². The van der Waals surface area contributed by atoms with Crippen LogP contribution in [0.25, 0.3) is 0 Å². The van der Waals surface area contributed by atoms with Crippen molar-refractivity contribution in [3.8, 4) is 0 Å². The second-order valence-corrected chi connectivity index (χ2v) is 10.9. The lowest BCUT2D eigenvalue weighted by molar-refractivity contribution is -0.144. The van der Waals surface area contributed by atoms with Crippen molar-refractivity contribution in [1.29, 1.82) is 0 Å². The maximum Gasteiger partial charge on any atom is 0.435 e. The molecule has 0 fully saturated rings. The van der Waals surface area contributed by atoms with Crippen LogP contribution in [0.2, 0.25) is 0 Å². The van der Waals surface area contributed by atoms with Crippen LogP contribution in [-0.2, 0) is 38.6 Å². The molecule has 0 bridgehead atoms. The Morgan fingerprint density at radius 3 is 2.26 bits per heavy atom. The van der Waals surface area contributed by atoms with E-state index in [1.54, 1.807) is 47.4 Å². The fourth-order valence-electron chi connectivity index (χ4n) is 5.09. The first kappa shape index (κ1) is 32.4. The Morgan fingerprint density at radius 1 is 0.915 bits per heavy atom. The third-order valence-corrected chi connectivity index (χ3v) is 7.64. The second-order valence-electron chi connectivity index (χ2n) is 10.9. The first-order valence-electron chi connectivity index (χ1n) is 15.0. The van der Waals surface area contributed by atoms with Gasteiger partial charge in [-0.1, -0.05) is 60.7 Å². The van der Waals surface area contributed by atoms with Crippen LogP contribution in [0.3, 0.4) is 0 Å². The van der Waals surface area contributed by atoms with E-state index in [1.165, 1.54) is 7.11 Å². The van der Waals surface area contributed by atoms with Gasteiger partial charge in [-0.15, -0.1) is 0 Å². The molecule has 47 heavy (non-hydrogen) atoms. The minimum atomic E-state index is -0.807. The molecule has 0 saturated carbocycles. The number of ether oxygens (including phenoxy) is 2. The van der Waals surface area contributed by atoms with Crippen LogP contribution in [0.5, 0.6) is 0 Å². The van der Waals surface area contributed by atoms with E-state index in [4.69, 9.17) is 15.2 Å². The molecule has 0 radical (unpaired) electrons. The van der Waals surface area contributed by atoms with Crippen LogP contribution in [0.1, 0.15) is 39.0 Å². The molecule has 1 aliphatic rings. The predicted molar refractivity (Wildman–Crippen MR) is 178 cm³/mol. The topological polar surface area (TPSA) is 152 Å². The van der Waals surface area contributed by atoms with E-state index in [9.17, 15) is 19.2 Å². The van der Waals surface area contributed by atoms with Crippen LogP contribution in [-0.4, -0.2) is 54.3 Å². The molecule has 1 aliphatic heterocycles. The third-order valence-electron chi connectivity index (χ3n) is 7.64. The average Bonchev–Trinajstić information content (AvgIpc) is 3.22. The normalized spacial score (nSPS) is 14.3. The number of nitrogens with two attached hydrogens (primary N) is 1. The predicted octanol–water partition coefficient (Wildman–Crippen LogP) is 4.91. The Morgan fingerprint density at radius 2 is 1.57 bits per heavy atom. The van der Waals surface area contributed by atoms with Crippen molar-refractivity contribution in [3.63, 3.8) is 0 Å². The highest BCUT2D eigenvalue weighted by molar-refractivity contribution is 6.06. The monoisotopic (exact) mass is 633 g/mol. The van der Waals surface area contributed by atoms with E-state index in [0.717, 1.165) is 16.7 Å². The van der Waals surface area contributed by atoms with Crippen LogP contribution in [0.15, 0.2) is 108 Å². The highest BCUT2D eigenvalue weighted by Crippen LogP contribution is 2.26. The molecule has 0 aliphatic carbocycles. The van der Waals surface area contributed by atoms with Gasteiger partial charge < -0.3 is 30.7 Å². The maximum atomic E-state index is 13.5. The lowest BCUT2D eigenvalue weighted by Crippen LogP contribution is -2.42. The van der Waals surface area contributed by atoms with E-state index in [0.29, 0.717) is 35.5 Å². The van der Waals surface area contributed by atoms with Gasteiger partial charge in [-0.05, 0) is 65.6 Å². The number of anilines is 2. The van der Waals surface area contributed by atoms with E-state index < -0.39 is 18.1 Å². The van der Waals surface area contributed by atoms with Crippen LogP contribution < -0.4 is 16.4 Å². The number of fused-ring (bicyclic) bond motifs is 1. The lowest BCUT2D eigenvalue weighted by Gasteiger charge is -2.24. The van der Waals surface area contributed by atoms with Gasteiger partial charge in [0.05, 0.1) is 13.5 Å². The standard InChI is InChI=1S/C36H35N5O6/c1-46-32(42)21-31-35(44)41(19-18-24-8-4-2-5-9-24)22-28-20-27(14-17-30(28)39-31)34(43)38-29-15-12-26(13-16-29)33(37)40-36(45)47-23-25-10-6-3-7-11-25/h2-17,20,31,39H,18-19,21-23H2,1H3,(H,38,43)(H2,37,40,45)/t31-/m1/s1. The molecule has 5 rings (SSSR count). The Labute approximate surface area is 272 Å². The summed E-state index contributed by atoms with van der Waals surface area (Å²) >= 11 is 0. The number of carbonyl (C=O) groups is 4. The van der Waals surface area contributed by atoms with Gasteiger partial charge in [0.1, 0.15) is 18.5 Å². The minimum Gasteiger partial charge on any atom is -0.469 e. The minimum absolute atomic E-state index is 0.0175. The van der Waals surface area contributed by atoms with Gasteiger partial charge in [0.25, 0.3) is 5.91 Å². The molecule has 0 saturated heterocycles. The summed E-state index contributed by atoms with van der Waals surface area (Å²) in [7, 11) is 1.29. The van der Waals surface area contributed by atoms with Crippen LogP contribution in [0.4, 0.5) is 16.2 Å². The number of benzene rings is 4. The Hall–Kier alpha value is -5.97. The zero-order valence-electron chi connectivity index (χ0n) is 25.8. The second kappa shape index (κ2) is 15.3. The summed E-state index contributed by atoms with van der Waals surface area (Å²) in [6.45, 7) is 0.770. The number of aliphatic imine (C=N–C) groups is 1. The number of hydrogen-bond donors (Lipinski definition) is 3. The summed E-state index contributed by atoms with van der Waals surface area (Å²) in [5.74, 6) is -1.10. The first-order valence-corrected chi connectivity index (χ1v) is 15.0. The molecule has 0 spiro atoms. The third kappa shape index (κ3) is 8.82. The van der Waals surface area contributed by atoms with Crippen molar-refractivity contribution in [2.24, 2.45) is 10.7 Å². The Bertz CT molecular complexity index is 1760. The molecular formula is C36H35N5O6. The number of carbonyl (C=O) groups excluding carboxylic acids is 4. The molecule has 1 atom stereocenters. The molecule has 11 nitrogen and oxygen atoms in total. The van der Waals surface area contributed by atoms with Gasteiger partial charge in [-0.2, -0.15) is 4.99 Å². The summed E-state index contributed by atoms with van der Waals surface area (Å²) in [4.78, 5) is 56.5. The van der Waals surface area contributed by atoms with Gasteiger partial charge in [-0.25, -0.2) is 4.79 Å². The number of esters is 1. The van der Waals surface area contributed by atoms with Crippen LogP contribution >= 0.6 is 0 Å². The van der Waals surface area contributed by atoms with Crippen molar-refractivity contribution < 1.29 is 28.7 Å². The highest BCUT2D eigenvalue weighted by atomic mass is 16.5. The molecule has 1 heterocycles. The summed E-state index contributed by atoms with van der Waals surface area (Å²) in [6.07, 6.45) is -0.301.